The summed E-state index contributed by atoms with van der Waals surface area (Å²) in [5.41, 5.74) is 6.68. The lowest BCUT2D eigenvalue weighted by Crippen LogP contribution is -2.39. The number of hydrogen-bond donors (Lipinski definition) is 0. The van der Waals surface area contributed by atoms with Crippen molar-refractivity contribution in [3.8, 4) is 11.3 Å². The summed E-state index contributed by atoms with van der Waals surface area (Å²) in [6.07, 6.45) is 5.01. The fourth-order valence-electron chi connectivity index (χ4n) is 4.36. The number of hydrogen-bond acceptors (Lipinski definition) is 2. The molecule has 2 heterocycles. The van der Waals surface area contributed by atoms with Crippen LogP contribution in [0.15, 0.2) is 84.6 Å². The Morgan fingerprint density at radius 3 is 2.24 bits per heavy atom. The minimum absolute atomic E-state index is 0.0163. The van der Waals surface area contributed by atoms with E-state index >= 15 is 0 Å². The average molecular weight is 383 g/mol. The van der Waals surface area contributed by atoms with Crippen LogP contribution in [0.5, 0.6) is 0 Å². The fraction of sp³-hybridized carbons (Fsp3) is 0.231. The van der Waals surface area contributed by atoms with Gasteiger partial charge in [0.15, 0.2) is 0 Å². The van der Waals surface area contributed by atoms with Crippen LogP contribution in [0.3, 0.4) is 0 Å². The zero-order valence-electron chi connectivity index (χ0n) is 17.2. The molecule has 3 aromatic rings. The molecule has 0 bridgehead atoms. The maximum absolute atomic E-state index is 12.8. The van der Waals surface area contributed by atoms with Crippen LogP contribution < -0.4 is 0 Å². The molecule has 4 rings (SSSR count). The Labute approximate surface area is 172 Å². The van der Waals surface area contributed by atoms with Crippen LogP contribution in [0, 0.1) is 6.92 Å². The van der Waals surface area contributed by atoms with Crippen molar-refractivity contribution in [2.75, 3.05) is 0 Å². The van der Waals surface area contributed by atoms with E-state index in [1.54, 1.807) is 6.92 Å². The number of carbonyl (C=O) groups excluding carboxylic acids is 1. The van der Waals surface area contributed by atoms with Gasteiger partial charge in [-0.3, -0.25) is 9.78 Å². The largest absolute Gasteiger partial charge is 0.325 e. The third-order valence-corrected chi connectivity index (χ3v) is 5.72. The molecule has 1 aromatic heterocycles. The summed E-state index contributed by atoms with van der Waals surface area (Å²) in [6, 6.07) is 22.6. The Balaban J connectivity index is 1.74. The number of pyridine rings is 1. The topological polar surface area (TPSA) is 33.2 Å². The van der Waals surface area contributed by atoms with E-state index in [9.17, 15) is 4.79 Å². The third kappa shape index (κ3) is 3.73. The van der Waals surface area contributed by atoms with Crippen molar-refractivity contribution < 1.29 is 4.79 Å². The van der Waals surface area contributed by atoms with Crippen molar-refractivity contribution in [1.29, 1.82) is 0 Å². The molecule has 0 saturated heterocycles. The van der Waals surface area contributed by atoms with E-state index in [2.05, 4.69) is 50.3 Å². The Hall–Kier alpha value is -3.20. The van der Waals surface area contributed by atoms with Gasteiger partial charge in [0, 0.05) is 18.7 Å². The second-order valence-electron chi connectivity index (χ2n) is 7.74. The van der Waals surface area contributed by atoms with Gasteiger partial charge in [-0.25, -0.2) is 0 Å². The van der Waals surface area contributed by atoms with Crippen LogP contribution in [-0.4, -0.2) is 15.8 Å². The summed E-state index contributed by atoms with van der Waals surface area (Å²) in [5.74, 6) is 0.0843. The zero-order chi connectivity index (χ0) is 20.4. The van der Waals surface area contributed by atoms with E-state index in [1.165, 1.54) is 5.57 Å². The van der Waals surface area contributed by atoms with Crippen molar-refractivity contribution in [3.63, 3.8) is 0 Å². The molecule has 0 fully saturated rings. The van der Waals surface area contributed by atoms with Gasteiger partial charge < -0.3 is 4.90 Å². The Bertz CT molecular complexity index is 1040. The zero-order valence-corrected chi connectivity index (χ0v) is 17.2. The van der Waals surface area contributed by atoms with Crippen LogP contribution in [0.2, 0.25) is 0 Å². The van der Waals surface area contributed by atoms with Gasteiger partial charge in [-0.2, -0.15) is 0 Å². The number of nitrogens with zero attached hydrogens (tertiary/aromatic N) is 2. The summed E-state index contributed by atoms with van der Waals surface area (Å²) >= 11 is 0. The number of aryl methyl sites for hydroxylation is 1. The molecule has 3 nitrogen and oxygen atoms in total. The molecule has 1 aliphatic rings. The number of aromatic nitrogens is 1. The first-order valence-electron chi connectivity index (χ1n) is 10.1. The molecule has 0 radical (unpaired) electrons. The summed E-state index contributed by atoms with van der Waals surface area (Å²) in [6.45, 7) is 5.88. The van der Waals surface area contributed by atoms with Crippen LogP contribution in [0.4, 0.5) is 0 Å². The molecule has 1 amide bonds. The van der Waals surface area contributed by atoms with Crippen molar-refractivity contribution >= 4 is 5.91 Å². The molecule has 3 heteroatoms. The van der Waals surface area contributed by atoms with Gasteiger partial charge in [0.25, 0.3) is 0 Å². The lowest BCUT2D eigenvalue weighted by Gasteiger charge is -2.42. The standard InChI is InChI=1S/C26H26N2O/c1-18-14-15-24(28(20(3)29)26(18)22-12-8-5-9-13-22)23-16-19(2)25(27-17-23)21-10-6-4-7-11-21/h4-14,16-17,24,26H,15H2,1-3H3/t24-,26-/m1/s1. The minimum Gasteiger partial charge on any atom is -0.325 e. The highest BCUT2D eigenvalue weighted by Gasteiger charge is 2.34. The van der Waals surface area contributed by atoms with Gasteiger partial charge in [0.1, 0.15) is 0 Å². The lowest BCUT2D eigenvalue weighted by atomic mass is 9.87. The summed E-state index contributed by atoms with van der Waals surface area (Å²) in [4.78, 5) is 19.6. The molecule has 1 aliphatic heterocycles. The first-order chi connectivity index (χ1) is 14.1. The second kappa shape index (κ2) is 8.04. The molecule has 2 atom stereocenters. The van der Waals surface area contributed by atoms with Crippen LogP contribution >= 0.6 is 0 Å². The van der Waals surface area contributed by atoms with Crippen LogP contribution in [-0.2, 0) is 4.79 Å². The third-order valence-electron chi connectivity index (χ3n) is 5.72. The molecule has 29 heavy (non-hydrogen) atoms. The molecule has 0 aliphatic carbocycles. The fourth-order valence-corrected chi connectivity index (χ4v) is 4.36. The molecule has 0 saturated carbocycles. The van der Waals surface area contributed by atoms with Crippen LogP contribution in [0.1, 0.15) is 49.0 Å². The first kappa shape index (κ1) is 19.1. The molecule has 2 aromatic carbocycles. The first-order valence-corrected chi connectivity index (χ1v) is 10.1. The monoisotopic (exact) mass is 382 g/mol. The molecular weight excluding hydrogens is 356 g/mol. The van der Waals surface area contributed by atoms with Crippen molar-refractivity contribution in [3.05, 3.63) is 101 Å². The SMILES string of the molecule is CC(=O)N1[C@@H](c2cnc(-c3ccccc3)c(C)c2)CC=C(C)[C@@H]1c1ccccc1. The minimum atomic E-state index is -0.0402. The highest BCUT2D eigenvalue weighted by Crippen LogP contribution is 2.42. The van der Waals surface area contributed by atoms with E-state index in [4.69, 9.17) is 4.98 Å². The quantitative estimate of drug-likeness (QED) is 0.518. The predicted octanol–water partition coefficient (Wildman–Crippen LogP) is 6.04. The normalized spacial score (nSPS) is 19.0. The van der Waals surface area contributed by atoms with Crippen molar-refractivity contribution in [2.45, 2.75) is 39.3 Å². The van der Waals surface area contributed by atoms with E-state index < -0.39 is 0 Å². The molecule has 0 unspecified atom stereocenters. The molecule has 146 valence electrons. The number of carbonyl (C=O) groups is 1. The Morgan fingerprint density at radius 2 is 1.62 bits per heavy atom. The maximum Gasteiger partial charge on any atom is 0.220 e. The van der Waals surface area contributed by atoms with E-state index in [0.717, 1.165) is 34.4 Å². The molecule has 0 spiro atoms. The Kier molecular flexibility index (Phi) is 5.30. The van der Waals surface area contributed by atoms with Gasteiger partial charge in [0.05, 0.1) is 17.8 Å². The molecule has 0 N–H and O–H groups in total. The van der Waals surface area contributed by atoms with Gasteiger partial charge in [-0.1, -0.05) is 78.4 Å². The predicted molar refractivity (Wildman–Crippen MR) is 117 cm³/mol. The van der Waals surface area contributed by atoms with Gasteiger partial charge in [-0.15, -0.1) is 0 Å². The summed E-state index contributed by atoms with van der Waals surface area (Å²) in [7, 11) is 0. The highest BCUT2D eigenvalue weighted by atomic mass is 16.2. The Morgan fingerprint density at radius 1 is 0.966 bits per heavy atom. The summed E-state index contributed by atoms with van der Waals surface area (Å²) < 4.78 is 0. The van der Waals surface area contributed by atoms with E-state index in [-0.39, 0.29) is 18.0 Å². The van der Waals surface area contributed by atoms with Crippen molar-refractivity contribution in [1.82, 2.24) is 9.88 Å². The van der Waals surface area contributed by atoms with E-state index in [0.29, 0.717) is 0 Å². The average Bonchev–Trinajstić information content (AvgIpc) is 2.74. The van der Waals surface area contributed by atoms with Crippen LogP contribution in [0.25, 0.3) is 11.3 Å². The van der Waals surface area contributed by atoms with Gasteiger partial charge in [-0.05, 0) is 37.0 Å². The number of amides is 1. The highest BCUT2D eigenvalue weighted by molar-refractivity contribution is 5.75. The molecular formula is C26H26N2O. The van der Waals surface area contributed by atoms with Gasteiger partial charge in [0.2, 0.25) is 5.91 Å². The maximum atomic E-state index is 12.8. The lowest BCUT2D eigenvalue weighted by molar-refractivity contribution is -0.133. The van der Waals surface area contributed by atoms with Crippen molar-refractivity contribution in [2.24, 2.45) is 0 Å². The second-order valence-corrected chi connectivity index (χ2v) is 7.74. The number of rotatable bonds is 3. The summed E-state index contributed by atoms with van der Waals surface area (Å²) in [5, 5.41) is 0. The number of benzene rings is 2. The van der Waals surface area contributed by atoms with Gasteiger partial charge >= 0.3 is 0 Å². The smallest absolute Gasteiger partial charge is 0.220 e. The van der Waals surface area contributed by atoms with E-state index in [1.807, 2.05) is 47.5 Å².